The Labute approximate surface area is 225 Å². The van der Waals surface area contributed by atoms with Crippen molar-refractivity contribution in [3.63, 3.8) is 0 Å². The first-order valence-electron chi connectivity index (χ1n) is 13.1. The second kappa shape index (κ2) is 8.74. The first kappa shape index (κ1) is 25.2. The SMILES string of the molecule is Cc1nc2c(-c3ccc(Cl)cc3F)nc(N3CCN(C(=O)[C@@]45CCC(C)(OC4)[C@@H]5C)CC3)cn2c(=O)c1C. The van der Waals surface area contributed by atoms with E-state index in [2.05, 4.69) is 18.8 Å². The smallest absolute Gasteiger partial charge is 0.261 e. The van der Waals surface area contributed by atoms with Gasteiger partial charge in [0, 0.05) is 53.9 Å². The number of fused-ring (bicyclic) bond motifs is 3. The average molecular weight is 540 g/mol. The Morgan fingerprint density at radius 1 is 1.16 bits per heavy atom. The van der Waals surface area contributed by atoms with Crippen molar-refractivity contribution >= 4 is 29.0 Å². The summed E-state index contributed by atoms with van der Waals surface area (Å²) in [6.07, 6.45) is 3.44. The van der Waals surface area contributed by atoms with Gasteiger partial charge in [0.2, 0.25) is 5.91 Å². The topological polar surface area (TPSA) is 80.0 Å². The summed E-state index contributed by atoms with van der Waals surface area (Å²) in [5, 5.41) is 0.272. The van der Waals surface area contributed by atoms with E-state index in [0.717, 1.165) is 12.8 Å². The maximum atomic E-state index is 15.0. The highest BCUT2D eigenvalue weighted by atomic mass is 35.5. The molecular weight excluding hydrogens is 509 g/mol. The van der Waals surface area contributed by atoms with E-state index in [4.69, 9.17) is 21.3 Å². The summed E-state index contributed by atoms with van der Waals surface area (Å²) in [7, 11) is 0. The Balaban J connectivity index is 1.34. The molecule has 3 aromatic rings. The number of halogens is 2. The number of anilines is 1. The zero-order valence-corrected chi connectivity index (χ0v) is 22.8. The van der Waals surface area contributed by atoms with Gasteiger partial charge in [-0.15, -0.1) is 0 Å². The highest BCUT2D eigenvalue weighted by Crippen LogP contribution is 2.57. The van der Waals surface area contributed by atoms with Gasteiger partial charge in [0.1, 0.15) is 17.3 Å². The van der Waals surface area contributed by atoms with Crippen LogP contribution in [0.3, 0.4) is 0 Å². The molecule has 38 heavy (non-hydrogen) atoms. The van der Waals surface area contributed by atoms with Gasteiger partial charge in [0.15, 0.2) is 5.65 Å². The van der Waals surface area contributed by atoms with Crippen molar-refractivity contribution in [2.24, 2.45) is 11.3 Å². The molecule has 1 amide bonds. The zero-order chi connectivity index (χ0) is 27.0. The molecule has 3 atom stereocenters. The van der Waals surface area contributed by atoms with Crippen LogP contribution >= 0.6 is 11.6 Å². The molecule has 1 unspecified atom stereocenters. The molecule has 2 aliphatic heterocycles. The molecule has 3 fully saturated rings. The Kier molecular flexibility index (Phi) is 5.81. The van der Waals surface area contributed by atoms with Crippen molar-refractivity contribution in [1.29, 1.82) is 0 Å². The van der Waals surface area contributed by atoms with Crippen LogP contribution in [-0.4, -0.2) is 63.6 Å². The van der Waals surface area contributed by atoms with Crippen LogP contribution in [0.25, 0.3) is 16.9 Å². The fourth-order valence-corrected chi connectivity index (χ4v) is 6.48. The maximum Gasteiger partial charge on any atom is 0.261 e. The minimum atomic E-state index is -0.539. The number of carbonyl (C=O) groups is 1. The number of rotatable bonds is 3. The lowest BCUT2D eigenvalue weighted by molar-refractivity contribution is -0.145. The van der Waals surface area contributed by atoms with Gasteiger partial charge in [0.05, 0.1) is 23.8 Å². The molecule has 10 heteroatoms. The van der Waals surface area contributed by atoms with E-state index in [1.807, 2.05) is 9.80 Å². The van der Waals surface area contributed by atoms with Gasteiger partial charge >= 0.3 is 0 Å². The monoisotopic (exact) mass is 539 g/mol. The minimum absolute atomic E-state index is 0.174. The van der Waals surface area contributed by atoms with Crippen molar-refractivity contribution in [1.82, 2.24) is 19.3 Å². The van der Waals surface area contributed by atoms with E-state index in [-0.39, 0.29) is 44.9 Å². The van der Waals surface area contributed by atoms with Gasteiger partial charge in [-0.05, 0) is 51.8 Å². The fraction of sp³-hybridized carbons (Fsp3) is 0.500. The Morgan fingerprint density at radius 3 is 2.50 bits per heavy atom. The molecule has 3 aliphatic rings. The first-order chi connectivity index (χ1) is 18.0. The van der Waals surface area contributed by atoms with E-state index in [1.165, 1.54) is 10.5 Å². The molecule has 4 heterocycles. The van der Waals surface area contributed by atoms with Crippen molar-refractivity contribution in [2.45, 2.75) is 46.1 Å². The van der Waals surface area contributed by atoms with Crippen LogP contribution in [0.2, 0.25) is 5.02 Å². The van der Waals surface area contributed by atoms with Crippen molar-refractivity contribution in [3.8, 4) is 11.3 Å². The minimum Gasteiger partial charge on any atom is -0.374 e. The number of aromatic nitrogens is 3. The lowest BCUT2D eigenvalue weighted by Gasteiger charge is -2.40. The number of nitrogens with zero attached hydrogens (tertiary/aromatic N) is 5. The largest absolute Gasteiger partial charge is 0.374 e. The maximum absolute atomic E-state index is 15.0. The molecule has 0 spiro atoms. The zero-order valence-electron chi connectivity index (χ0n) is 22.1. The van der Waals surface area contributed by atoms with Gasteiger partial charge in [-0.25, -0.2) is 14.4 Å². The molecule has 0 N–H and O–H groups in total. The van der Waals surface area contributed by atoms with Crippen LogP contribution in [0.15, 0.2) is 29.2 Å². The second-order valence-electron chi connectivity index (χ2n) is 11.2. The van der Waals surface area contributed by atoms with Crippen LogP contribution in [-0.2, 0) is 9.53 Å². The third kappa shape index (κ3) is 3.66. The molecule has 1 aliphatic carbocycles. The molecule has 2 bridgehead atoms. The van der Waals surface area contributed by atoms with Crippen LogP contribution in [0.4, 0.5) is 10.2 Å². The quantitative estimate of drug-likeness (QED) is 0.500. The number of hydrogen-bond donors (Lipinski definition) is 0. The highest BCUT2D eigenvalue weighted by Gasteiger charge is 2.63. The van der Waals surface area contributed by atoms with Gasteiger partial charge in [0.25, 0.3) is 5.56 Å². The number of hydrogen-bond acceptors (Lipinski definition) is 6. The third-order valence-corrected chi connectivity index (χ3v) is 9.48. The normalized spacial score (nSPS) is 26.9. The molecule has 200 valence electrons. The number of amides is 1. The van der Waals surface area contributed by atoms with Crippen LogP contribution in [0.5, 0.6) is 0 Å². The molecule has 6 rings (SSSR count). The van der Waals surface area contributed by atoms with E-state index >= 15 is 4.39 Å². The fourth-order valence-electron chi connectivity index (χ4n) is 6.32. The van der Waals surface area contributed by atoms with E-state index in [0.29, 0.717) is 49.9 Å². The van der Waals surface area contributed by atoms with E-state index in [1.54, 1.807) is 32.2 Å². The lowest BCUT2D eigenvalue weighted by atomic mass is 9.77. The molecule has 1 aromatic carbocycles. The van der Waals surface area contributed by atoms with Gasteiger partial charge < -0.3 is 14.5 Å². The number of carbonyl (C=O) groups excluding carboxylic acids is 1. The molecule has 0 radical (unpaired) electrons. The number of ether oxygens (including phenoxy) is 1. The number of aryl methyl sites for hydroxylation is 1. The van der Waals surface area contributed by atoms with Gasteiger partial charge in [-0.1, -0.05) is 18.5 Å². The number of benzene rings is 1. The average Bonchev–Trinajstić information content (AvgIpc) is 3.32. The van der Waals surface area contributed by atoms with Crippen LogP contribution in [0.1, 0.15) is 37.9 Å². The predicted octanol–water partition coefficient (Wildman–Crippen LogP) is 4.02. The molecular formula is C28H31ClFN5O3. The molecule has 1 saturated carbocycles. The summed E-state index contributed by atoms with van der Waals surface area (Å²) in [4.78, 5) is 40.3. The van der Waals surface area contributed by atoms with Crippen LogP contribution in [0, 0.1) is 31.0 Å². The molecule has 2 saturated heterocycles. The summed E-state index contributed by atoms with van der Waals surface area (Å²) >= 11 is 5.99. The van der Waals surface area contributed by atoms with Crippen molar-refractivity contribution in [2.75, 3.05) is 37.7 Å². The molecule has 8 nitrogen and oxygen atoms in total. The van der Waals surface area contributed by atoms with E-state index in [9.17, 15) is 9.59 Å². The van der Waals surface area contributed by atoms with E-state index < -0.39 is 11.2 Å². The molecule has 2 aromatic heterocycles. The Morgan fingerprint density at radius 2 is 1.89 bits per heavy atom. The third-order valence-electron chi connectivity index (χ3n) is 9.24. The number of piperazine rings is 1. The predicted molar refractivity (Wildman–Crippen MR) is 143 cm³/mol. The summed E-state index contributed by atoms with van der Waals surface area (Å²) < 4.78 is 22.5. The summed E-state index contributed by atoms with van der Waals surface area (Å²) in [5.74, 6) is 0.353. The van der Waals surface area contributed by atoms with Crippen LogP contribution < -0.4 is 10.5 Å². The summed E-state index contributed by atoms with van der Waals surface area (Å²) in [5.41, 5.74) is 0.999. The van der Waals surface area contributed by atoms with Gasteiger partial charge in [-0.2, -0.15) is 0 Å². The standard InChI is InChI=1S/C28H31ClFN5O3/c1-16-17(2)31-24-23(20-6-5-19(29)13-21(20)30)32-22(14-35(24)25(16)36)33-9-11-34(12-10-33)26(37)28-8-7-27(4,18(28)3)38-15-28/h5-6,13-14,18H,7-12,15H2,1-4H3/t18-,27?,28-/m0/s1. The first-order valence-corrected chi connectivity index (χ1v) is 13.5. The van der Waals surface area contributed by atoms with Crippen molar-refractivity contribution < 1.29 is 13.9 Å². The summed E-state index contributed by atoms with van der Waals surface area (Å²) in [6.45, 7) is 10.4. The van der Waals surface area contributed by atoms with Gasteiger partial charge in [-0.3, -0.25) is 14.0 Å². The summed E-state index contributed by atoms with van der Waals surface area (Å²) in [6, 6.07) is 4.38. The Bertz CT molecular complexity index is 1520. The van der Waals surface area contributed by atoms with Crippen molar-refractivity contribution in [3.05, 3.63) is 56.8 Å². The highest BCUT2D eigenvalue weighted by molar-refractivity contribution is 6.30. The second-order valence-corrected chi connectivity index (χ2v) is 11.6. The Hall–Kier alpha value is -3.04. The lowest BCUT2D eigenvalue weighted by Crippen LogP contribution is -2.54.